The summed E-state index contributed by atoms with van der Waals surface area (Å²) < 4.78 is 67.7. The van der Waals surface area contributed by atoms with Crippen molar-refractivity contribution in [3.05, 3.63) is 94.7 Å². The summed E-state index contributed by atoms with van der Waals surface area (Å²) >= 11 is 9.17. The minimum absolute atomic E-state index is 0.103. The topological polar surface area (TPSA) is 225 Å². The molecule has 5 aromatic rings. The number of aromatic nitrogens is 3. The van der Waals surface area contributed by atoms with Gasteiger partial charge < -0.3 is 16.0 Å². The second kappa shape index (κ2) is 13.7. The highest BCUT2D eigenvalue weighted by Gasteiger charge is 2.21. The molecular formula is C29H22BrClN8O7S2. The molecule has 0 spiro atoms. The lowest BCUT2D eigenvalue weighted by atomic mass is 10.1. The molecular weight excluding hydrogens is 752 g/mol. The molecule has 4 aromatic carbocycles. The maximum atomic E-state index is 12.1. The molecule has 0 bridgehead atoms. The zero-order valence-corrected chi connectivity index (χ0v) is 28.4. The SMILES string of the molecule is C=C(Br)C(=O)Nc1cccc(Nc2nc(Cl)nc(Nc3ccc(N=Nc4cc(S(=O)(=O)O)c5cccc(S(=O)(=O)O)c5c4)c(C)c3)n2)c1. The smallest absolute Gasteiger partial charge is 0.295 e. The number of halogens is 2. The number of anilines is 5. The minimum atomic E-state index is -4.81. The van der Waals surface area contributed by atoms with Crippen molar-refractivity contribution in [2.45, 2.75) is 16.7 Å². The van der Waals surface area contributed by atoms with Crippen LogP contribution < -0.4 is 16.0 Å². The third-order valence-corrected chi connectivity index (χ3v) is 8.75. The zero-order chi connectivity index (χ0) is 34.8. The van der Waals surface area contributed by atoms with Crippen LogP contribution in [0.3, 0.4) is 0 Å². The summed E-state index contributed by atoms with van der Waals surface area (Å²) in [5.41, 5.74) is 2.46. The minimum Gasteiger partial charge on any atom is -0.324 e. The van der Waals surface area contributed by atoms with E-state index in [1.54, 1.807) is 49.4 Å². The first-order valence-corrected chi connectivity index (χ1v) is 17.4. The van der Waals surface area contributed by atoms with E-state index in [9.17, 15) is 30.7 Å². The third-order valence-electron chi connectivity index (χ3n) is 6.42. The third kappa shape index (κ3) is 8.35. The maximum absolute atomic E-state index is 12.1. The lowest BCUT2D eigenvalue weighted by Gasteiger charge is -2.11. The fourth-order valence-corrected chi connectivity index (χ4v) is 6.04. The molecule has 15 nitrogen and oxygen atoms in total. The van der Waals surface area contributed by atoms with Crippen LogP contribution in [-0.2, 0) is 25.0 Å². The molecule has 1 amide bonds. The average Bonchev–Trinajstić information content (AvgIpc) is 2.99. The van der Waals surface area contributed by atoms with E-state index in [1.165, 1.54) is 18.2 Å². The standard InChI is InChI=1S/C29H22BrClN8O7S2/c1-15-11-19(34-29-36-27(31)35-28(37-29)33-18-6-3-5-17(12-18)32-26(40)16(2)30)9-10-23(15)39-38-20-13-22-21(25(14-20)48(44,45)46)7-4-8-24(22)47(41,42)43/h3-14H,2H2,1H3,(H,32,40)(H,41,42,43)(H,44,45,46)(H2,33,34,35,36,37). The van der Waals surface area contributed by atoms with Crippen LogP contribution in [0.2, 0.25) is 5.28 Å². The van der Waals surface area contributed by atoms with Crippen LogP contribution in [0.15, 0.2) is 104 Å². The summed E-state index contributed by atoms with van der Waals surface area (Å²) in [6.07, 6.45) is 0. The number of nitrogens with zero attached hydrogens (tertiary/aromatic N) is 5. The number of nitrogens with one attached hydrogen (secondary N) is 3. The van der Waals surface area contributed by atoms with Gasteiger partial charge in [0.05, 0.1) is 15.9 Å². The van der Waals surface area contributed by atoms with Gasteiger partial charge in [0.1, 0.15) is 9.79 Å². The van der Waals surface area contributed by atoms with Crippen molar-refractivity contribution in [3.8, 4) is 0 Å². The van der Waals surface area contributed by atoms with Crippen molar-refractivity contribution in [2.75, 3.05) is 16.0 Å². The summed E-state index contributed by atoms with van der Waals surface area (Å²) in [7, 11) is -9.55. The Balaban J connectivity index is 1.38. The number of hydrogen-bond acceptors (Lipinski definition) is 12. The van der Waals surface area contributed by atoms with Crippen LogP contribution in [-0.4, -0.2) is 46.8 Å². The lowest BCUT2D eigenvalue weighted by molar-refractivity contribution is -0.112. The Labute approximate surface area is 286 Å². The van der Waals surface area contributed by atoms with Crippen molar-refractivity contribution < 1.29 is 30.7 Å². The molecule has 0 unspecified atom stereocenters. The first kappa shape index (κ1) is 34.5. The normalized spacial score (nSPS) is 11.9. The van der Waals surface area contributed by atoms with Gasteiger partial charge in [0.25, 0.3) is 26.1 Å². The van der Waals surface area contributed by atoms with E-state index in [0.29, 0.717) is 28.3 Å². The fourth-order valence-electron chi connectivity index (χ4n) is 4.36. The second-order valence-electron chi connectivity index (χ2n) is 9.89. The van der Waals surface area contributed by atoms with Gasteiger partial charge >= 0.3 is 0 Å². The molecule has 0 radical (unpaired) electrons. The first-order chi connectivity index (χ1) is 22.6. The van der Waals surface area contributed by atoms with Gasteiger partial charge in [-0.2, -0.15) is 42.0 Å². The van der Waals surface area contributed by atoms with Crippen molar-refractivity contribution in [1.29, 1.82) is 0 Å². The molecule has 0 atom stereocenters. The Morgan fingerprint density at radius 3 is 2.04 bits per heavy atom. The van der Waals surface area contributed by atoms with Gasteiger partial charge in [-0.3, -0.25) is 13.9 Å². The molecule has 0 aliphatic rings. The predicted octanol–water partition coefficient (Wildman–Crippen LogP) is 7.23. The van der Waals surface area contributed by atoms with Gasteiger partial charge in [-0.05, 0) is 94.6 Å². The van der Waals surface area contributed by atoms with Crippen molar-refractivity contribution >= 4 is 105 Å². The van der Waals surface area contributed by atoms with Crippen LogP contribution in [0.5, 0.6) is 0 Å². The summed E-state index contributed by atoms with van der Waals surface area (Å²) in [5.74, 6) is -0.182. The number of carbonyl (C=O) groups is 1. The Hall–Kier alpha value is -4.85. The van der Waals surface area contributed by atoms with Crippen molar-refractivity contribution in [2.24, 2.45) is 10.2 Å². The van der Waals surface area contributed by atoms with Crippen molar-refractivity contribution in [1.82, 2.24) is 15.0 Å². The van der Waals surface area contributed by atoms with Crippen LogP contribution in [0.4, 0.5) is 40.3 Å². The van der Waals surface area contributed by atoms with Gasteiger partial charge in [0, 0.05) is 27.8 Å². The molecule has 0 saturated carbocycles. The maximum Gasteiger partial charge on any atom is 0.295 e. The van der Waals surface area contributed by atoms with Gasteiger partial charge in [0.15, 0.2) is 0 Å². The van der Waals surface area contributed by atoms with Gasteiger partial charge in [-0.1, -0.05) is 24.8 Å². The Kier molecular flexibility index (Phi) is 9.85. The number of aryl methyl sites for hydroxylation is 1. The lowest BCUT2D eigenvalue weighted by Crippen LogP contribution is -2.10. The molecule has 0 fully saturated rings. The highest BCUT2D eigenvalue weighted by atomic mass is 79.9. The first-order valence-electron chi connectivity index (χ1n) is 13.3. The number of carbonyl (C=O) groups excluding carboxylic acids is 1. The van der Waals surface area contributed by atoms with E-state index in [4.69, 9.17) is 11.6 Å². The number of fused-ring (bicyclic) bond motifs is 1. The number of hydrogen-bond donors (Lipinski definition) is 5. The van der Waals surface area contributed by atoms with E-state index in [0.717, 1.165) is 12.1 Å². The van der Waals surface area contributed by atoms with Gasteiger partial charge in [0.2, 0.25) is 17.2 Å². The quantitative estimate of drug-likeness (QED) is 0.0538. The Morgan fingerprint density at radius 2 is 1.42 bits per heavy atom. The molecule has 1 heterocycles. The number of azo groups is 1. The summed E-state index contributed by atoms with van der Waals surface area (Å²) in [6, 6.07) is 17.6. The van der Waals surface area contributed by atoms with E-state index < -0.39 is 35.9 Å². The molecule has 246 valence electrons. The second-order valence-corrected chi connectivity index (χ2v) is 14.0. The van der Waals surface area contributed by atoms with Crippen LogP contribution in [0, 0.1) is 6.92 Å². The predicted molar refractivity (Wildman–Crippen MR) is 183 cm³/mol. The summed E-state index contributed by atoms with van der Waals surface area (Å²) in [5, 5.41) is 16.5. The zero-order valence-electron chi connectivity index (χ0n) is 24.4. The molecule has 0 aliphatic heterocycles. The fraction of sp³-hybridized carbons (Fsp3) is 0.0345. The molecule has 1 aromatic heterocycles. The Bertz CT molecular complexity index is 2380. The van der Waals surface area contributed by atoms with E-state index in [2.05, 4.69) is 63.6 Å². The number of rotatable bonds is 10. The molecule has 19 heteroatoms. The van der Waals surface area contributed by atoms with Gasteiger partial charge in [-0.25, -0.2) is 0 Å². The summed E-state index contributed by atoms with van der Waals surface area (Å²) in [6.45, 7) is 5.26. The van der Waals surface area contributed by atoms with E-state index >= 15 is 0 Å². The van der Waals surface area contributed by atoms with Crippen LogP contribution >= 0.6 is 27.5 Å². The van der Waals surface area contributed by atoms with Crippen LogP contribution in [0.1, 0.15) is 5.56 Å². The largest absolute Gasteiger partial charge is 0.324 e. The highest BCUT2D eigenvalue weighted by Crippen LogP contribution is 2.34. The van der Waals surface area contributed by atoms with E-state index in [-0.39, 0.29) is 38.1 Å². The Morgan fingerprint density at radius 1 is 0.792 bits per heavy atom. The molecule has 5 rings (SSSR count). The van der Waals surface area contributed by atoms with E-state index in [1.807, 2.05) is 0 Å². The monoisotopic (exact) mass is 772 g/mol. The molecule has 5 N–H and O–H groups in total. The average molecular weight is 774 g/mol. The number of benzene rings is 4. The number of amides is 1. The molecule has 0 saturated heterocycles. The summed E-state index contributed by atoms with van der Waals surface area (Å²) in [4.78, 5) is 23.3. The van der Waals surface area contributed by atoms with Crippen molar-refractivity contribution in [3.63, 3.8) is 0 Å². The van der Waals surface area contributed by atoms with Gasteiger partial charge in [-0.15, -0.1) is 0 Å². The highest BCUT2D eigenvalue weighted by molar-refractivity contribution is 9.12. The molecule has 48 heavy (non-hydrogen) atoms. The molecule has 0 aliphatic carbocycles. The van der Waals surface area contributed by atoms with Crippen LogP contribution in [0.25, 0.3) is 10.8 Å².